The highest BCUT2D eigenvalue weighted by Crippen LogP contribution is 2.33. The summed E-state index contributed by atoms with van der Waals surface area (Å²) in [5.74, 6) is -1.51. The van der Waals surface area contributed by atoms with E-state index in [9.17, 15) is 22.4 Å². The number of aryl methyl sites for hydroxylation is 1. The lowest BCUT2D eigenvalue weighted by Gasteiger charge is -2.11. The van der Waals surface area contributed by atoms with Gasteiger partial charge in [0, 0.05) is 18.3 Å². The Hall–Kier alpha value is -4.16. The van der Waals surface area contributed by atoms with E-state index >= 15 is 0 Å². The molecule has 2 heterocycles. The molecule has 4 rings (SSSR count). The van der Waals surface area contributed by atoms with Gasteiger partial charge in [-0.1, -0.05) is 23.4 Å². The van der Waals surface area contributed by atoms with Crippen LogP contribution in [0.5, 0.6) is 0 Å². The number of hydrogen-bond donors (Lipinski definition) is 1. The summed E-state index contributed by atoms with van der Waals surface area (Å²) in [6, 6.07) is 10.6. The third-order valence-electron chi connectivity index (χ3n) is 4.21. The van der Waals surface area contributed by atoms with Crippen molar-refractivity contribution in [3.8, 4) is 17.1 Å². The molecule has 4 aromatic rings. The first-order chi connectivity index (χ1) is 14.7. The zero-order valence-electron chi connectivity index (χ0n) is 15.7. The average molecular weight is 432 g/mol. The van der Waals surface area contributed by atoms with Crippen LogP contribution in [0.15, 0.2) is 48.5 Å². The second-order valence-electron chi connectivity index (χ2n) is 6.34. The molecule has 0 unspecified atom stereocenters. The molecule has 0 aliphatic heterocycles. The van der Waals surface area contributed by atoms with E-state index < -0.39 is 29.3 Å². The van der Waals surface area contributed by atoms with E-state index in [1.165, 1.54) is 28.9 Å². The normalized spacial score (nSPS) is 11.5. The van der Waals surface area contributed by atoms with Gasteiger partial charge in [0.2, 0.25) is 0 Å². The topological polar surface area (TPSA) is 103 Å². The quantitative estimate of drug-likeness (QED) is 0.498. The van der Waals surface area contributed by atoms with E-state index in [-0.39, 0.29) is 11.4 Å². The highest BCUT2D eigenvalue weighted by atomic mass is 19.4. The molecule has 0 aliphatic rings. The van der Waals surface area contributed by atoms with Crippen LogP contribution in [0.3, 0.4) is 0 Å². The number of amides is 1. The number of nitrogens with zero attached hydrogens (tertiary/aromatic N) is 7. The second-order valence-corrected chi connectivity index (χ2v) is 6.34. The fourth-order valence-electron chi connectivity index (χ4n) is 2.88. The van der Waals surface area contributed by atoms with E-state index in [4.69, 9.17) is 0 Å². The van der Waals surface area contributed by atoms with Crippen LogP contribution >= 0.6 is 0 Å². The molecule has 0 radical (unpaired) electrons. The molecule has 2 aromatic heterocycles. The maximum Gasteiger partial charge on any atom is 0.435 e. The zero-order valence-corrected chi connectivity index (χ0v) is 15.7. The van der Waals surface area contributed by atoms with Crippen molar-refractivity contribution in [1.29, 1.82) is 0 Å². The minimum atomic E-state index is -4.98. The number of alkyl halides is 3. The van der Waals surface area contributed by atoms with Gasteiger partial charge in [-0.15, -0.1) is 10.2 Å². The molecule has 0 aliphatic carbocycles. The van der Waals surface area contributed by atoms with Gasteiger partial charge in [-0.05, 0) is 40.8 Å². The van der Waals surface area contributed by atoms with Crippen LogP contribution in [0.4, 0.5) is 23.2 Å². The van der Waals surface area contributed by atoms with Gasteiger partial charge >= 0.3 is 6.18 Å². The van der Waals surface area contributed by atoms with Crippen LogP contribution < -0.4 is 5.32 Å². The number of halogens is 4. The maximum atomic E-state index is 13.7. The number of rotatable bonds is 4. The first-order valence-corrected chi connectivity index (χ1v) is 8.67. The van der Waals surface area contributed by atoms with E-state index in [2.05, 4.69) is 31.2 Å². The Morgan fingerprint density at radius 1 is 1.03 bits per heavy atom. The average Bonchev–Trinajstić information content (AvgIpc) is 3.34. The summed E-state index contributed by atoms with van der Waals surface area (Å²) >= 11 is 0. The summed E-state index contributed by atoms with van der Waals surface area (Å²) < 4.78 is 56.4. The number of anilines is 1. The predicted octanol–water partition coefficient (Wildman–Crippen LogP) is 2.87. The molecular weight excluding hydrogens is 420 g/mol. The van der Waals surface area contributed by atoms with Gasteiger partial charge in [0.05, 0.1) is 5.69 Å². The summed E-state index contributed by atoms with van der Waals surface area (Å²) in [7, 11) is 1.61. The number of carbonyl (C=O) groups is 1. The molecule has 1 amide bonds. The largest absolute Gasteiger partial charge is 0.435 e. The Bertz CT molecular complexity index is 1260. The number of tetrazole rings is 1. The van der Waals surface area contributed by atoms with Gasteiger partial charge in [0.15, 0.2) is 17.2 Å². The first-order valence-electron chi connectivity index (χ1n) is 8.67. The van der Waals surface area contributed by atoms with Crippen LogP contribution in [-0.2, 0) is 13.2 Å². The minimum Gasteiger partial charge on any atom is -0.321 e. The highest BCUT2D eigenvalue weighted by molar-refractivity contribution is 6.04. The Morgan fingerprint density at radius 2 is 1.81 bits per heavy atom. The van der Waals surface area contributed by atoms with Gasteiger partial charge < -0.3 is 5.32 Å². The summed E-state index contributed by atoms with van der Waals surface area (Å²) in [5.41, 5.74) is -1.88. The summed E-state index contributed by atoms with van der Waals surface area (Å²) in [6.45, 7) is 0. The fourth-order valence-corrected chi connectivity index (χ4v) is 2.88. The Morgan fingerprint density at radius 3 is 2.48 bits per heavy atom. The molecule has 9 nitrogen and oxygen atoms in total. The van der Waals surface area contributed by atoms with E-state index in [1.807, 2.05) is 0 Å². The molecule has 0 spiro atoms. The minimum absolute atomic E-state index is 0.193. The lowest BCUT2D eigenvalue weighted by Crippen LogP contribution is -2.21. The zero-order chi connectivity index (χ0) is 22.2. The highest BCUT2D eigenvalue weighted by Gasteiger charge is 2.42. The number of carbonyl (C=O) groups excluding carboxylic acids is 1. The lowest BCUT2D eigenvalue weighted by molar-refractivity contribution is -0.143. The first kappa shape index (κ1) is 20.1. The molecule has 31 heavy (non-hydrogen) atoms. The van der Waals surface area contributed by atoms with Crippen LogP contribution in [0.25, 0.3) is 17.1 Å². The van der Waals surface area contributed by atoms with Crippen molar-refractivity contribution in [3.05, 3.63) is 65.7 Å². The smallest absolute Gasteiger partial charge is 0.321 e. The standard InChI is InChI=1S/C18H12F4N8O/c1-29-16(25-26-28-29)10-4-2-6-12(8-10)23-17(31)14-15(18(20,21)22)30(27-24-14)13-7-3-5-11(19)9-13/h2-9H,1H3,(H,23,31). The maximum absolute atomic E-state index is 13.7. The van der Waals surface area contributed by atoms with Crippen LogP contribution in [-0.4, -0.2) is 41.1 Å². The summed E-state index contributed by atoms with van der Waals surface area (Å²) in [4.78, 5) is 12.6. The van der Waals surface area contributed by atoms with Crippen molar-refractivity contribution < 1.29 is 22.4 Å². The van der Waals surface area contributed by atoms with Gasteiger partial charge in [-0.3, -0.25) is 4.79 Å². The molecule has 2 aromatic carbocycles. The van der Waals surface area contributed by atoms with Crippen molar-refractivity contribution in [3.63, 3.8) is 0 Å². The van der Waals surface area contributed by atoms with Crippen molar-refractivity contribution >= 4 is 11.6 Å². The third kappa shape index (κ3) is 3.97. The number of nitrogens with one attached hydrogen (secondary N) is 1. The summed E-state index contributed by atoms with van der Waals surface area (Å²) in [5, 5.41) is 20.2. The van der Waals surface area contributed by atoms with Gasteiger partial charge in [0.1, 0.15) is 5.82 Å². The molecule has 158 valence electrons. The van der Waals surface area contributed by atoms with Crippen molar-refractivity contribution in [2.24, 2.45) is 7.05 Å². The number of aromatic nitrogens is 7. The molecule has 0 saturated carbocycles. The number of benzene rings is 2. The molecule has 0 bridgehead atoms. The third-order valence-corrected chi connectivity index (χ3v) is 4.21. The Kier molecular flexibility index (Phi) is 4.93. The molecule has 13 heteroatoms. The summed E-state index contributed by atoms with van der Waals surface area (Å²) in [6.07, 6.45) is -4.98. The molecule has 1 N–H and O–H groups in total. The monoisotopic (exact) mass is 432 g/mol. The molecule has 0 saturated heterocycles. The predicted molar refractivity (Wildman–Crippen MR) is 98.5 cm³/mol. The van der Waals surface area contributed by atoms with Crippen molar-refractivity contribution in [2.75, 3.05) is 5.32 Å². The Balaban J connectivity index is 1.69. The SMILES string of the molecule is Cn1nnnc1-c1cccc(NC(=O)c2nnn(-c3cccc(F)c3)c2C(F)(F)F)c1. The van der Waals surface area contributed by atoms with E-state index in [0.29, 0.717) is 16.1 Å². The molecule has 0 fully saturated rings. The van der Waals surface area contributed by atoms with Crippen molar-refractivity contribution in [1.82, 2.24) is 35.2 Å². The van der Waals surface area contributed by atoms with Crippen LogP contribution in [0.2, 0.25) is 0 Å². The van der Waals surface area contributed by atoms with Crippen LogP contribution in [0, 0.1) is 5.82 Å². The van der Waals surface area contributed by atoms with Gasteiger partial charge in [-0.2, -0.15) is 13.2 Å². The van der Waals surface area contributed by atoms with E-state index in [0.717, 1.165) is 12.1 Å². The number of hydrogen-bond acceptors (Lipinski definition) is 6. The second kappa shape index (κ2) is 7.59. The van der Waals surface area contributed by atoms with Crippen molar-refractivity contribution in [2.45, 2.75) is 6.18 Å². The van der Waals surface area contributed by atoms with Gasteiger partial charge in [0.25, 0.3) is 5.91 Å². The molecular formula is C18H12F4N8O. The Labute approximate surface area is 171 Å². The van der Waals surface area contributed by atoms with Crippen LogP contribution in [0.1, 0.15) is 16.2 Å². The fraction of sp³-hybridized carbons (Fsp3) is 0.111. The lowest BCUT2D eigenvalue weighted by atomic mass is 10.2. The van der Waals surface area contributed by atoms with E-state index in [1.54, 1.807) is 19.2 Å². The molecule has 0 atom stereocenters. The van der Waals surface area contributed by atoms with Gasteiger partial charge in [-0.25, -0.2) is 13.8 Å².